The lowest BCUT2D eigenvalue weighted by Gasteiger charge is -2.14. The van der Waals surface area contributed by atoms with E-state index in [4.69, 9.17) is 5.10 Å². The number of nitro benzene ring substituents is 1. The van der Waals surface area contributed by atoms with E-state index in [-0.39, 0.29) is 11.6 Å². The molecule has 0 spiro atoms. The molecule has 1 aromatic carbocycles. The first-order valence-electron chi connectivity index (χ1n) is 10.3. The van der Waals surface area contributed by atoms with Crippen LogP contribution in [0.2, 0.25) is 0 Å². The number of pyridine rings is 1. The Morgan fingerprint density at radius 2 is 1.87 bits per heavy atom. The van der Waals surface area contributed by atoms with E-state index in [1.54, 1.807) is 30.6 Å². The molecule has 31 heavy (non-hydrogen) atoms. The number of carbonyl (C=O) groups excluding carboxylic acids is 1. The first-order valence-corrected chi connectivity index (χ1v) is 10.3. The number of amides is 1. The highest BCUT2D eigenvalue weighted by Gasteiger charge is 2.22. The summed E-state index contributed by atoms with van der Waals surface area (Å²) in [5.41, 5.74) is 3.64. The average molecular weight is 417 g/mol. The van der Waals surface area contributed by atoms with Gasteiger partial charge in [-0.25, -0.2) is 0 Å². The molecule has 1 aliphatic carbocycles. The summed E-state index contributed by atoms with van der Waals surface area (Å²) in [6, 6.07) is 12.4. The maximum Gasteiger partial charge on any atom is 0.269 e. The number of rotatable bonds is 7. The van der Waals surface area contributed by atoms with Crippen molar-refractivity contribution in [3.8, 4) is 11.3 Å². The van der Waals surface area contributed by atoms with Gasteiger partial charge in [0.05, 0.1) is 28.9 Å². The van der Waals surface area contributed by atoms with Crippen LogP contribution in [0, 0.1) is 10.1 Å². The number of nitro groups is 1. The van der Waals surface area contributed by atoms with Crippen molar-refractivity contribution in [2.75, 3.05) is 0 Å². The van der Waals surface area contributed by atoms with E-state index in [1.807, 2.05) is 18.2 Å². The second kappa shape index (κ2) is 9.34. The summed E-state index contributed by atoms with van der Waals surface area (Å²) in [4.78, 5) is 26.6. The Morgan fingerprint density at radius 1 is 1.16 bits per heavy atom. The SMILES string of the molecule is O=C(/C=C/c1ccc([N+](=O)[O-])cc1)NCc1cc(-c2ccncc2)n(C2CCCC2)n1. The van der Waals surface area contributed by atoms with Crippen molar-refractivity contribution >= 4 is 17.7 Å². The second-order valence-corrected chi connectivity index (χ2v) is 7.54. The fraction of sp³-hybridized carbons (Fsp3) is 0.261. The summed E-state index contributed by atoms with van der Waals surface area (Å²) in [6.45, 7) is 0.321. The molecule has 8 nitrogen and oxygen atoms in total. The minimum atomic E-state index is -0.453. The van der Waals surface area contributed by atoms with Crippen LogP contribution < -0.4 is 5.32 Å². The quantitative estimate of drug-likeness (QED) is 0.351. The van der Waals surface area contributed by atoms with Gasteiger partial charge in [0.25, 0.3) is 5.69 Å². The van der Waals surface area contributed by atoms with Gasteiger partial charge in [0, 0.05) is 36.2 Å². The zero-order valence-electron chi connectivity index (χ0n) is 17.0. The number of aromatic nitrogens is 3. The molecule has 0 saturated heterocycles. The van der Waals surface area contributed by atoms with Crippen LogP contribution in [0.4, 0.5) is 5.69 Å². The lowest BCUT2D eigenvalue weighted by molar-refractivity contribution is -0.384. The molecule has 1 saturated carbocycles. The topological polar surface area (TPSA) is 103 Å². The van der Waals surface area contributed by atoms with Gasteiger partial charge in [0.2, 0.25) is 5.91 Å². The summed E-state index contributed by atoms with van der Waals surface area (Å²) < 4.78 is 2.09. The lowest BCUT2D eigenvalue weighted by Crippen LogP contribution is -2.20. The van der Waals surface area contributed by atoms with E-state index in [1.165, 1.54) is 31.1 Å². The third-order valence-electron chi connectivity index (χ3n) is 5.41. The normalized spacial score (nSPS) is 14.2. The minimum Gasteiger partial charge on any atom is -0.347 e. The van der Waals surface area contributed by atoms with E-state index < -0.39 is 4.92 Å². The Kier molecular flexibility index (Phi) is 6.16. The predicted molar refractivity (Wildman–Crippen MR) is 117 cm³/mol. The fourth-order valence-electron chi connectivity index (χ4n) is 3.81. The van der Waals surface area contributed by atoms with Crippen LogP contribution in [-0.2, 0) is 11.3 Å². The highest BCUT2D eigenvalue weighted by atomic mass is 16.6. The molecule has 4 rings (SSSR count). The highest BCUT2D eigenvalue weighted by molar-refractivity contribution is 5.91. The van der Waals surface area contributed by atoms with Gasteiger partial charge in [-0.3, -0.25) is 24.6 Å². The fourth-order valence-corrected chi connectivity index (χ4v) is 3.81. The van der Waals surface area contributed by atoms with E-state index in [2.05, 4.69) is 15.0 Å². The molecule has 0 aliphatic heterocycles. The first kappa shape index (κ1) is 20.5. The standard InChI is InChI=1S/C23H23N5O3/c29-23(10-7-17-5-8-21(9-6-17)28(30)31)25-16-19-15-22(18-11-13-24-14-12-18)27(26-19)20-3-1-2-4-20/h5-15,20H,1-4,16H2,(H,25,29)/b10-7+. The van der Waals surface area contributed by atoms with E-state index in [0.29, 0.717) is 18.2 Å². The monoisotopic (exact) mass is 417 g/mol. The molecule has 1 fully saturated rings. The van der Waals surface area contributed by atoms with Crippen LogP contribution in [0.15, 0.2) is 60.9 Å². The van der Waals surface area contributed by atoms with Crippen molar-refractivity contribution in [3.05, 3.63) is 82.3 Å². The molecule has 0 atom stereocenters. The molecule has 2 heterocycles. The van der Waals surface area contributed by atoms with Gasteiger partial charge in [-0.1, -0.05) is 12.8 Å². The average Bonchev–Trinajstić information content (AvgIpc) is 3.47. The summed E-state index contributed by atoms with van der Waals surface area (Å²) in [7, 11) is 0. The maximum absolute atomic E-state index is 12.2. The molecule has 1 amide bonds. The maximum atomic E-state index is 12.2. The van der Waals surface area contributed by atoms with Crippen molar-refractivity contribution in [1.82, 2.24) is 20.1 Å². The van der Waals surface area contributed by atoms with Gasteiger partial charge in [-0.15, -0.1) is 0 Å². The summed E-state index contributed by atoms with van der Waals surface area (Å²) in [5.74, 6) is -0.251. The number of hydrogen-bond donors (Lipinski definition) is 1. The van der Waals surface area contributed by atoms with Gasteiger partial charge in [0.15, 0.2) is 0 Å². The van der Waals surface area contributed by atoms with Crippen LogP contribution in [0.1, 0.15) is 43.0 Å². The Balaban J connectivity index is 1.43. The third kappa shape index (κ3) is 5.03. The number of non-ortho nitro benzene ring substituents is 1. The Bertz CT molecular complexity index is 1080. The number of hydrogen-bond acceptors (Lipinski definition) is 5. The van der Waals surface area contributed by atoms with E-state index in [0.717, 1.165) is 29.8 Å². The number of nitrogens with zero attached hydrogens (tertiary/aromatic N) is 4. The Labute approximate surface area is 179 Å². The molecule has 158 valence electrons. The van der Waals surface area contributed by atoms with Crippen LogP contribution in [0.3, 0.4) is 0 Å². The summed E-state index contributed by atoms with van der Waals surface area (Å²) in [5, 5.41) is 18.3. The van der Waals surface area contributed by atoms with E-state index in [9.17, 15) is 14.9 Å². The lowest BCUT2D eigenvalue weighted by atomic mass is 10.1. The molecule has 0 radical (unpaired) electrons. The number of benzene rings is 1. The van der Waals surface area contributed by atoms with Crippen LogP contribution in [0.5, 0.6) is 0 Å². The second-order valence-electron chi connectivity index (χ2n) is 7.54. The summed E-state index contributed by atoms with van der Waals surface area (Å²) >= 11 is 0. The van der Waals surface area contributed by atoms with Gasteiger partial charge in [-0.05, 0) is 54.8 Å². The largest absolute Gasteiger partial charge is 0.347 e. The number of nitrogens with one attached hydrogen (secondary N) is 1. The van der Waals surface area contributed by atoms with Gasteiger partial charge in [0.1, 0.15) is 0 Å². The minimum absolute atomic E-state index is 0.0180. The molecule has 0 unspecified atom stereocenters. The molecular weight excluding hydrogens is 394 g/mol. The van der Waals surface area contributed by atoms with Crippen molar-refractivity contribution < 1.29 is 9.72 Å². The molecule has 3 aromatic rings. The summed E-state index contributed by atoms with van der Waals surface area (Å²) in [6.07, 6.45) is 11.2. The molecule has 8 heteroatoms. The molecule has 2 aromatic heterocycles. The van der Waals surface area contributed by atoms with Crippen molar-refractivity contribution in [1.29, 1.82) is 0 Å². The zero-order valence-corrected chi connectivity index (χ0v) is 17.0. The highest BCUT2D eigenvalue weighted by Crippen LogP contribution is 2.33. The van der Waals surface area contributed by atoms with Crippen molar-refractivity contribution in [2.45, 2.75) is 38.3 Å². The Hall–Kier alpha value is -3.81. The third-order valence-corrected chi connectivity index (χ3v) is 5.41. The molecule has 1 N–H and O–H groups in total. The van der Waals surface area contributed by atoms with Crippen molar-refractivity contribution in [2.24, 2.45) is 0 Å². The smallest absolute Gasteiger partial charge is 0.269 e. The molecular formula is C23H23N5O3. The molecule has 1 aliphatic rings. The van der Waals surface area contributed by atoms with Crippen LogP contribution in [0.25, 0.3) is 17.3 Å². The van der Waals surface area contributed by atoms with Gasteiger partial charge in [-0.2, -0.15) is 5.10 Å². The number of carbonyl (C=O) groups is 1. The Morgan fingerprint density at radius 3 is 2.55 bits per heavy atom. The van der Waals surface area contributed by atoms with Crippen molar-refractivity contribution in [3.63, 3.8) is 0 Å². The zero-order chi connectivity index (χ0) is 21.6. The first-order chi connectivity index (χ1) is 15.1. The van der Waals surface area contributed by atoms with Crippen LogP contribution >= 0.6 is 0 Å². The van der Waals surface area contributed by atoms with E-state index >= 15 is 0 Å². The predicted octanol–water partition coefficient (Wildman–Crippen LogP) is 4.30. The molecule has 0 bridgehead atoms. The van der Waals surface area contributed by atoms with Gasteiger partial charge >= 0.3 is 0 Å². The van der Waals surface area contributed by atoms with Gasteiger partial charge < -0.3 is 5.32 Å². The van der Waals surface area contributed by atoms with Crippen LogP contribution in [-0.4, -0.2) is 25.6 Å².